The van der Waals surface area contributed by atoms with Gasteiger partial charge in [-0.1, -0.05) is 30.3 Å². The van der Waals surface area contributed by atoms with E-state index in [1.54, 1.807) is 11.3 Å². The summed E-state index contributed by atoms with van der Waals surface area (Å²) < 4.78 is 5.37. The van der Waals surface area contributed by atoms with E-state index in [1.165, 1.54) is 10.4 Å². The van der Waals surface area contributed by atoms with Crippen molar-refractivity contribution in [3.8, 4) is 0 Å². The Balaban J connectivity index is 1.99. The molecule has 3 rings (SSSR count). The molecule has 0 saturated carbocycles. The van der Waals surface area contributed by atoms with Gasteiger partial charge in [0, 0.05) is 16.4 Å². The summed E-state index contributed by atoms with van der Waals surface area (Å²) in [7, 11) is 0. The first-order chi connectivity index (χ1) is 9.24. The van der Waals surface area contributed by atoms with Crippen LogP contribution in [0.4, 0.5) is 0 Å². The molecule has 2 heterocycles. The number of hydrogen-bond acceptors (Lipinski definition) is 3. The van der Waals surface area contributed by atoms with Gasteiger partial charge in [-0.25, -0.2) is 0 Å². The minimum Gasteiger partial charge on any atom is -0.426 e. The van der Waals surface area contributed by atoms with Crippen LogP contribution in [-0.4, -0.2) is 5.97 Å². The van der Waals surface area contributed by atoms with E-state index in [2.05, 4.69) is 24.4 Å². The fourth-order valence-corrected chi connectivity index (χ4v) is 3.31. The van der Waals surface area contributed by atoms with Gasteiger partial charge < -0.3 is 4.74 Å². The maximum atomic E-state index is 11.8. The molecule has 1 aliphatic heterocycles. The Labute approximate surface area is 116 Å². The lowest BCUT2D eigenvalue weighted by molar-refractivity contribution is -0.137. The SMILES string of the molecule is Cc1ccsc1C1C=C(c2ccccc2)OC(=O)C1. The van der Waals surface area contributed by atoms with Crippen molar-refractivity contribution in [1.82, 2.24) is 0 Å². The van der Waals surface area contributed by atoms with Gasteiger partial charge >= 0.3 is 5.97 Å². The predicted molar refractivity (Wildman–Crippen MR) is 76.9 cm³/mol. The number of esters is 1. The van der Waals surface area contributed by atoms with E-state index in [-0.39, 0.29) is 11.9 Å². The average molecular weight is 270 g/mol. The summed E-state index contributed by atoms with van der Waals surface area (Å²) in [6.07, 6.45) is 2.49. The fourth-order valence-electron chi connectivity index (χ4n) is 2.31. The molecular formula is C16H14O2S. The van der Waals surface area contributed by atoms with E-state index in [1.807, 2.05) is 30.3 Å². The zero-order chi connectivity index (χ0) is 13.2. The number of allylic oxidation sites excluding steroid dienone is 1. The fraction of sp³-hybridized carbons (Fsp3) is 0.188. The number of aryl methyl sites for hydroxylation is 1. The number of ether oxygens (including phenoxy) is 1. The highest BCUT2D eigenvalue weighted by Gasteiger charge is 2.25. The van der Waals surface area contributed by atoms with Crippen molar-refractivity contribution < 1.29 is 9.53 Å². The van der Waals surface area contributed by atoms with Gasteiger partial charge in [-0.05, 0) is 30.0 Å². The molecule has 0 saturated heterocycles. The molecule has 0 spiro atoms. The Morgan fingerprint density at radius 2 is 2.00 bits per heavy atom. The van der Waals surface area contributed by atoms with E-state index >= 15 is 0 Å². The molecule has 1 aliphatic rings. The van der Waals surface area contributed by atoms with E-state index in [9.17, 15) is 4.79 Å². The first-order valence-corrected chi connectivity index (χ1v) is 7.14. The van der Waals surface area contributed by atoms with Crippen LogP contribution in [0.25, 0.3) is 5.76 Å². The number of benzene rings is 1. The Bertz CT molecular complexity index is 625. The molecule has 96 valence electrons. The smallest absolute Gasteiger partial charge is 0.312 e. The normalized spacial score (nSPS) is 18.9. The van der Waals surface area contributed by atoms with Gasteiger partial charge in [0.15, 0.2) is 0 Å². The summed E-state index contributed by atoms with van der Waals surface area (Å²) >= 11 is 1.70. The quantitative estimate of drug-likeness (QED) is 0.767. The Hall–Kier alpha value is -1.87. The standard InChI is InChI=1S/C16H14O2S/c1-11-7-8-19-16(11)13-9-14(18-15(17)10-13)12-5-3-2-4-6-12/h2-9,13H,10H2,1H3. The largest absolute Gasteiger partial charge is 0.426 e. The van der Waals surface area contributed by atoms with Gasteiger partial charge in [0.05, 0.1) is 6.42 Å². The topological polar surface area (TPSA) is 26.3 Å². The lowest BCUT2D eigenvalue weighted by atomic mass is 9.96. The lowest BCUT2D eigenvalue weighted by Crippen LogP contribution is -2.14. The van der Waals surface area contributed by atoms with Gasteiger partial charge in [0.2, 0.25) is 0 Å². The second-order valence-corrected chi connectivity index (χ2v) is 5.60. The summed E-state index contributed by atoms with van der Waals surface area (Å²) in [6.45, 7) is 2.09. The molecule has 0 radical (unpaired) electrons. The zero-order valence-electron chi connectivity index (χ0n) is 10.6. The summed E-state index contributed by atoms with van der Waals surface area (Å²) in [5, 5.41) is 2.07. The van der Waals surface area contributed by atoms with E-state index in [0.717, 1.165) is 5.56 Å². The summed E-state index contributed by atoms with van der Waals surface area (Å²) in [4.78, 5) is 13.1. The van der Waals surface area contributed by atoms with Crippen molar-refractivity contribution in [2.75, 3.05) is 0 Å². The third-order valence-electron chi connectivity index (χ3n) is 3.26. The third kappa shape index (κ3) is 2.47. The Kier molecular flexibility index (Phi) is 3.22. The second-order valence-electron chi connectivity index (χ2n) is 4.65. The van der Waals surface area contributed by atoms with Crippen LogP contribution >= 0.6 is 11.3 Å². The molecule has 1 aromatic heterocycles. The highest BCUT2D eigenvalue weighted by atomic mass is 32.1. The van der Waals surface area contributed by atoms with Crippen LogP contribution in [0.15, 0.2) is 47.9 Å². The molecule has 3 heteroatoms. The molecular weight excluding hydrogens is 256 g/mol. The minimum absolute atomic E-state index is 0.136. The molecule has 0 fully saturated rings. The molecule has 19 heavy (non-hydrogen) atoms. The molecule has 0 amide bonds. The number of carbonyl (C=O) groups excluding carboxylic acids is 1. The van der Waals surface area contributed by atoms with Crippen molar-refractivity contribution >= 4 is 23.1 Å². The second kappa shape index (κ2) is 5.02. The molecule has 1 atom stereocenters. The van der Waals surface area contributed by atoms with Crippen LogP contribution in [0, 0.1) is 6.92 Å². The van der Waals surface area contributed by atoms with E-state index in [0.29, 0.717) is 12.2 Å². The van der Waals surface area contributed by atoms with Crippen LogP contribution in [0.1, 0.15) is 28.3 Å². The van der Waals surface area contributed by atoms with Crippen LogP contribution in [-0.2, 0) is 9.53 Å². The highest BCUT2D eigenvalue weighted by Crippen LogP contribution is 2.36. The first kappa shape index (κ1) is 12.2. The zero-order valence-corrected chi connectivity index (χ0v) is 11.4. The maximum absolute atomic E-state index is 11.8. The van der Waals surface area contributed by atoms with Crippen LogP contribution in [0.5, 0.6) is 0 Å². The predicted octanol–water partition coefficient (Wildman–Crippen LogP) is 4.13. The Morgan fingerprint density at radius 1 is 1.21 bits per heavy atom. The van der Waals surface area contributed by atoms with Gasteiger partial charge in [-0.2, -0.15) is 0 Å². The maximum Gasteiger partial charge on any atom is 0.312 e. The van der Waals surface area contributed by atoms with Crippen LogP contribution < -0.4 is 0 Å². The van der Waals surface area contributed by atoms with Crippen LogP contribution in [0.3, 0.4) is 0 Å². The summed E-state index contributed by atoms with van der Waals surface area (Å²) in [6, 6.07) is 11.9. The molecule has 0 N–H and O–H groups in total. The monoisotopic (exact) mass is 270 g/mol. The van der Waals surface area contributed by atoms with Crippen molar-refractivity contribution in [2.24, 2.45) is 0 Å². The minimum atomic E-state index is -0.154. The van der Waals surface area contributed by atoms with Gasteiger partial charge in [0.1, 0.15) is 5.76 Å². The lowest BCUT2D eigenvalue weighted by Gasteiger charge is -2.20. The molecule has 0 bridgehead atoms. The van der Waals surface area contributed by atoms with Crippen molar-refractivity contribution in [1.29, 1.82) is 0 Å². The molecule has 1 aromatic carbocycles. The summed E-state index contributed by atoms with van der Waals surface area (Å²) in [5.74, 6) is 0.658. The Morgan fingerprint density at radius 3 is 2.68 bits per heavy atom. The third-order valence-corrected chi connectivity index (χ3v) is 4.41. The van der Waals surface area contributed by atoms with Crippen molar-refractivity contribution in [3.63, 3.8) is 0 Å². The number of cyclic esters (lactones) is 1. The van der Waals surface area contributed by atoms with E-state index in [4.69, 9.17) is 4.74 Å². The van der Waals surface area contributed by atoms with Gasteiger partial charge in [-0.15, -0.1) is 11.3 Å². The number of hydrogen-bond donors (Lipinski definition) is 0. The number of thiophene rings is 1. The average Bonchev–Trinajstić information content (AvgIpc) is 2.85. The van der Waals surface area contributed by atoms with Crippen LogP contribution in [0.2, 0.25) is 0 Å². The molecule has 2 aromatic rings. The summed E-state index contributed by atoms with van der Waals surface area (Å²) in [5.41, 5.74) is 2.20. The van der Waals surface area contributed by atoms with Crippen molar-refractivity contribution in [3.05, 3.63) is 63.9 Å². The highest BCUT2D eigenvalue weighted by molar-refractivity contribution is 7.10. The van der Waals surface area contributed by atoms with Gasteiger partial charge in [-0.3, -0.25) is 4.79 Å². The number of carbonyl (C=O) groups is 1. The number of rotatable bonds is 2. The first-order valence-electron chi connectivity index (χ1n) is 6.26. The molecule has 1 unspecified atom stereocenters. The molecule has 0 aliphatic carbocycles. The van der Waals surface area contributed by atoms with Gasteiger partial charge in [0.25, 0.3) is 0 Å². The van der Waals surface area contributed by atoms with Crippen molar-refractivity contribution in [2.45, 2.75) is 19.3 Å². The van der Waals surface area contributed by atoms with E-state index < -0.39 is 0 Å². The molecule has 2 nitrogen and oxygen atoms in total.